The first-order valence-corrected chi connectivity index (χ1v) is 28.1. The molecule has 4 heteroatoms. The molecule has 0 amide bonds. The Labute approximate surface area is 127 Å². The maximum atomic E-state index is 2.49. The Bertz CT molecular complexity index is 488. The van der Waals surface area contributed by atoms with E-state index in [-0.39, 0.29) is 0 Å². The van der Waals surface area contributed by atoms with Crippen molar-refractivity contribution in [3.8, 4) is 9.75 Å². The van der Waals surface area contributed by atoms with Crippen LogP contribution in [0.4, 0.5) is 0 Å². The van der Waals surface area contributed by atoms with Gasteiger partial charge in [-0.2, -0.15) is 0 Å². The Morgan fingerprint density at radius 2 is 1.00 bits per heavy atom. The summed E-state index contributed by atoms with van der Waals surface area (Å²) in [5.41, 5.74) is 0. The van der Waals surface area contributed by atoms with Crippen LogP contribution in [0.2, 0.25) is 29.6 Å². The molecule has 0 aromatic carbocycles. The molecule has 0 bridgehead atoms. The van der Waals surface area contributed by atoms with Crippen molar-refractivity contribution >= 4 is 66.6 Å². The van der Waals surface area contributed by atoms with E-state index in [0.717, 1.165) is 0 Å². The summed E-state index contributed by atoms with van der Waals surface area (Å²) < 4.78 is 3.33. The van der Waals surface area contributed by atoms with E-state index in [2.05, 4.69) is 52.5 Å². The second-order valence-corrected chi connectivity index (χ2v) is 37.7. The summed E-state index contributed by atoms with van der Waals surface area (Å²) in [5.74, 6) is 0. The SMILES string of the molecule is [CH3][Sn]([CH3])([CH3])[c]1csc(-c2c[c]([Sn]([CH3])([CH3])[CH3])cs2)c1. The molecule has 0 saturated carbocycles. The zero-order valence-electron chi connectivity index (χ0n) is 12.1. The minimum absolute atomic E-state index is 1.49. The Kier molecular flexibility index (Phi) is 4.63. The summed E-state index contributed by atoms with van der Waals surface area (Å²) in [6, 6.07) is 4.93. The summed E-state index contributed by atoms with van der Waals surface area (Å²) in [6.45, 7) is 0. The summed E-state index contributed by atoms with van der Waals surface area (Å²) in [4.78, 5) is 17.9. The van der Waals surface area contributed by atoms with Gasteiger partial charge in [0.05, 0.1) is 0 Å². The van der Waals surface area contributed by atoms with Crippen LogP contribution in [0.1, 0.15) is 0 Å². The monoisotopic (exact) mass is 494 g/mol. The van der Waals surface area contributed by atoms with Gasteiger partial charge < -0.3 is 0 Å². The molecule has 0 N–H and O–H groups in total. The third-order valence-corrected chi connectivity index (χ3v) is 18.0. The molecule has 0 fully saturated rings. The van der Waals surface area contributed by atoms with Crippen LogP contribution < -0.4 is 7.16 Å². The molecule has 2 aromatic rings. The first-order chi connectivity index (χ1) is 8.18. The first-order valence-electron chi connectivity index (χ1n) is 6.36. The van der Waals surface area contributed by atoms with Gasteiger partial charge in [0, 0.05) is 0 Å². The van der Waals surface area contributed by atoms with E-state index in [4.69, 9.17) is 0 Å². The van der Waals surface area contributed by atoms with Crippen LogP contribution in [0.5, 0.6) is 0 Å². The molecule has 0 spiro atoms. The fourth-order valence-electron chi connectivity index (χ4n) is 1.72. The van der Waals surface area contributed by atoms with Gasteiger partial charge in [0.2, 0.25) is 0 Å². The van der Waals surface area contributed by atoms with Crippen molar-refractivity contribution in [1.29, 1.82) is 0 Å². The minimum atomic E-state index is -1.87. The third kappa shape index (κ3) is 3.55. The summed E-state index contributed by atoms with van der Waals surface area (Å²) in [5, 5.41) is 4.82. The van der Waals surface area contributed by atoms with Crippen LogP contribution >= 0.6 is 22.7 Å². The van der Waals surface area contributed by atoms with Crippen LogP contribution in [0, 0.1) is 0 Å². The van der Waals surface area contributed by atoms with E-state index >= 15 is 0 Å². The van der Waals surface area contributed by atoms with Crippen molar-refractivity contribution in [2.45, 2.75) is 29.6 Å². The van der Waals surface area contributed by atoms with E-state index in [9.17, 15) is 0 Å². The maximum absolute atomic E-state index is 2.49. The number of hydrogen-bond acceptors (Lipinski definition) is 2. The van der Waals surface area contributed by atoms with Gasteiger partial charge in [0.25, 0.3) is 0 Å². The van der Waals surface area contributed by atoms with Gasteiger partial charge in [-0.1, -0.05) is 0 Å². The van der Waals surface area contributed by atoms with E-state index in [1.165, 1.54) is 9.75 Å². The van der Waals surface area contributed by atoms with E-state index in [1.54, 1.807) is 7.16 Å². The second kappa shape index (κ2) is 5.41. The summed E-state index contributed by atoms with van der Waals surface area (Å²) in [7, 11) is 0. The van der Waals surface area contributed by atoms with Crippen molar-refractivity contribution in [3.63, 3.8) is 0 Å². The quantitative estimate of drug-likeness (QED) is 0.552. The molecule has 0 radical (unpaired) electrons. The van der Waals surface area contributed by atoms with Crippen LogP contribution in [-0.4, -0.2) is 36.8 Å². The molecule has 0 aliphatic carbocycles. The Morgan fingerprint density at radius 1 is 0.667 bits per heavy atom. The zero-order valence-corrected chi connectivity index (χ0v) is 19.5. The molecule has 0 aliphatic rings. The Morgan fingerprint density at radius 3 is 1.22 bits per heavy atom. The predicted molar refractivity (Wildman–Crippen MR) is 93.6 cm³/mol. The van der Waals surface area contributed by atoms with Gasteiger partial charge in [-0.05, 0) is 0 Å². The average Bonchev–Trinajstić information content (AvgIpc) is 2.84. The summed E-state index contributed by atoms with van der Waals surface area (Å²) >= 11 is 0.143. The van der Waals surface area contributed by atoms with Gasteiger partial charge in [-0.15, -0.1) is 0 Å². The average molecular weight is 492 g/mol. The van der Waals surface area contributed by atoms with E-state index < -0.39 is 36.8 Å². The second-order valence-electron chi connectivity index (χ2n) is 6.90. The molecule has 0 atom stereocenters. The van der Waals surface area contributed by atoms with Crippen molar-refractivity contribution < 1.29 is 0 Å². The van der Waals surface area contributed by atoms with Crippen molar-refractivity contribution in [1.82, 2.24) is 0 Å². The summed E-state index contributed by atoms with van der Waals surface area (Å²) in [6.07, 6.45) is 0. The third-order valence-electron chi connectivity index (χ3n) is 3.17. The van der Waals surface area contributed by atoms with Crippen molar-refractivity contribution in [2.24, 2.45) is 0 Å². The van der Waals surface area contributed by atoms with Crippen LogP contribution in [-0.2, 0) is 0 Å². The molecule has 2 rings (SSSR count). The molecular weight excluding hydrogens is 470 g/mol. The molecular formula is C14H22S2Sn2. The van der Waals surface area contributed by atoms with E-state index in [1.807, 2.05) is 22.7 Å². The zero-order chi connectivity index (χ0) is 13.6. The van der Waals surface area contributed by atoms with Crippen LogP contribution in [0.15, 0.2) is 22.9 Å². The molecule has 98 valence electrons. The molecule has 0 aliphatic heterocycles. The topological polar surface area (TPSA) is 0 Å². The molecule has 0 saturated heterocycles. The first kappa shape index (κ1) is 15.4. The molecule has 2 aromatic heterocycles. The Balaban J connectivity index is 2.33. The normalized spacial score (nSPS) is 13.0. The molecule has 2 heterocycles. The number of hydrogen-bond donors (Lipinski definition) is 0. The van der Waals surface area contributed by atoms with Gasteiger partial charge >= 0.3 is 129 Å². The number of thiophene rings is 2. The van der Waals surface area contributed by atoms with Crippen molar-refractivity contribution in [2.75, 3.05) is 0 Å². The fourth-order valence-corrected chi connectivity index (χ4v) is 15.1. The van der Waals surface area contributed by atoms with E-state index in [0.29, 0.717) is 0 Å². The van der Waals surface area contributed by atoms with Crippen molar-refractivity contribution in [3.05, 3.63) is 22.9 Å². The Hall–Kier alpha value is 0.997. The predicted octanol–water partition coefficient (Wildman–Crippen LogP) is 4.57. The van der Waals surface area contributed by atoms with Crippen LogP contribution in [0.25, 0.3) is 9.75 Å². The molecule has 0 nitrogen and oxygen atoms in total. The standard InChI is InChI=1S/C8H4S2.6CH3.2Sn/c1-3-7(9-5-1)8-4-2-6-10-8;;;;;;;;/h3-6H;6*1H3;;. The molecule has 18 heavy (non-hydrogen) atoms. The number of rotatable bonds is 3. The van der Waals surface area contributed by atoms with Gasteiger partial charge in [-0.25, -0.2) is 0 Å². The van der Waals surface area contributed by atoms with Gasteiger partial charge in [0.1, 0.15) is 0 Å². The molecule has 0 unspecified atom stereocenters. The fraction of sp³-hybridized carbons (Fsp3) is 0.429. The van der Waals surface area contributed by atoms with Gasteiger partial charge in [0.15, 0.2) is 0 Å². The van der Waals surface area contributed by atoms with Crippen LogP contribution in [0.3, 0.4) is 0 Å². The van der Waals surface area contributed by atoms with Gasteiger partial charge in [-0.3, -0.25) is 0 Å².